The molecular formula is C31H28BrClN4O7S. The summed E-state index contributed by atoms with van der Waals surface area (Å²) in [6, 6.07) is 17.3. The average molecular weight is 716 g/mol. The van der Waals surface area contributed by atoms with Gasteiger partial charge in [-0.2, -0.15) is 0 Å². The van der Waals surface area contributed by atoms with Crippen LogP contribution in [0.25, 0.3) is 6.08 Å². The molecule has 0 saturated carbocycles. The molecule has 2 aliphatic heterocycles. The van der Waals surface area contributed by atoms with Crippen molar-refractivity contribution in [1.29, 1.82) is 0 Å². The number of hydrogen-bond acceptors (Lipinski definition) is 9. The number of amides is 4. The average Bonchev–Trinajstić information content (AvgIpc) is 3.29. The van der Waals surface area contributed by atoms with Crippen molar-refractivity contribution >= 4 is 85.4 Å². The van der Waals surface area contributed by atoms with Crippen molar-refractivity contribution in [3.63, 3.8) is 0 Å². The van der Waals surface area contributed by atoms with Gasteiger partial charge in [-0.3, -0.25) is 24.1 Å². The van der Waals surface area contributed by atoms with Crippen molar-refractivity contribution in [1.82, 2.24) is 4.90 Å². The number of carbonyl (C=O) groups is 4. The van der Waals surface area contributed by atoms with Gasteiger partial charge in [-0.1, -0.05) is 29.8 Å². The fourth-order valence-electron chi connectivity index (χ4n) is 4.59. The zero-order valence-electron chi connectivity index (χ0n) is 24.0. The number of nitrogens with one attached hydrogen (secondary N) is 2. The van der Waals surface area contributed by atoms with Gasteiger partial charge >= 0.3 is 0 Å². The van der Waals surface area contributed by atoms with Crippen LogP contribution in [-0.2, 0) is 19.1 Å². The van der Waals surface area contributed by atoms with E-state index in [0.717, 1.165) is 22.3 Å². The molecule has 3 aromatic rings. The Labute approximate surface area is 276 Å². The lowest BCUT2D eigenvalue weighted by Gasteiger charge is -2.30. The number of benzene rings is 3. The Bertz CT molecular complexity index is 1660. The van der Waals surface area contributed by atoms with Crippen LogP contribution in [-0.4, -0.2) is 74.4 Å². The van der Waals surface area contributed by atoms with E-state index in [1.54, 1.807) is 42.5 Å². The Balaban J connectivity index is 1.20. The molecule has 2 aliphatic rings. The maximum Gasteiger partial charge on any atom is 0.294 e. The van der Waals surface area contributed by atoms with Gasteiger partial charge in [-0.25, -0.2) is 0 Å². The molecule has 0 spiro atoms. The van der Waals surface area contributed by atoms with E-state index < -0.39 is 29.5 Å². The minimum absolute atomic E-state index is 0.157. The highest BCUT2D eigenvalue weighted by atomic mass is 79.9. The second-order valence-electron chi connectivity index (χ2n) is 9.81. The van der Waals surface area contributed by atoms with Gasteiger partial charge in [0.05, 0.1) is 41.6 Å². The number of rotatable bonds is 10. The van der Waals surface area contributed by atoms with Gasteiger partial charge < -0.3 is 29.7 Å². The zero-order chi connectivity index (χ0) is 31.9. The lowest BCUT2D eigenvalue weighted by molar-refractivity contribution is -0.127. The van der Waals surface area contributed by atoms with Crippen molar-refractivity contribution in [3.05, 3.63) is 80.6 Å². The third-order valence-electron chi connectivity index (χ3n) is 6.75. The predicted molar refractivity (Wildman–Crippen MR) is 177 cm³/mol. The molecule has 14 heteroatoms. The fraction of sp³-hybridized carbons (Fsp3) is 0.226. The molecule has 0 atom stereocenters. The highest BCUT2D eigenvalue weighted by molar-refractivity contribution is 9.10. The zero-order valence-corrected chi connectivity index (χ0v) is 27.2. The molecule has 5 rings (SSSR count). The van der Waals surface area contributed by atoms with Crippen LogP contribution in [0.5, 0.6) is 11.5 Å². The summed E-state index contributed by atoms with van der Waals surface area (Å²) in [6.07, 6.45) is 1.53. The first kappa shape index (κ1) is 32.4. The molecule has 2 heterocycles. The van der Waals surface area contributed by atoms with Crippen LogP contribution < -0.4 is 25.0 Å². The van der Waals surface area contributed by atoms with E-state index in [-0.39, 0.29) is 11.5 Å². The quantitative estimate of drug-likeness (QED) is 0.257. The second kappa shape index (κ2) is 14.8. The van der Waals surface area contributed by atoms with Crippen LogP contribution in [0.4, 0.5) is 21.9 Å². The minimum Gasteiger partial charge on any atom is -0.493 e. The van der Waals surface area contributed by atoms with Crippen molar-refractivity contribution < 1.29 is 33.4 Å². The summed E-state index contributed by atoms with van der Waals surface area (Å²) < 4.78 is 17.2. The molecule has 0 bridgehead atoms. The molecule has 234 valence electrons. The highest BCUT2D eigenvalue weighted by Gasteiger charge is 2.36. The number of thioether (sulfide) groups is 1. The predicted octanol–water partition coefficient (Wildman–Crippen LogP) is 5.64. The summed E-state index contributed by atoms with van der Waals surface area (Å²) in [7, 11) is 1.44. The Morgan fingerprint density at radius 1 is 1.02 bits per heavy atom. The number of carbonyl (C=O) groups excluding carboxylic acids is 4. The third kappa shape index (κ3) is 8.17. The Kier molecular flexibility index (Phi) is 10.7. The molecule has 0 unspecified atom stereocenters. The van der Waals surface area contributed by atoms with Crippen LogP contribution in [0.15, 0.2) is 70.0 Å². The molecule has 3 aromatic carbocycles. The number of halogens is 2. The first-order valence-electron chi connectivity index (χ1n) is 13.7. The fourth-order valence-corrected chi connectivity index (χ4v) is 5.85. The summed E-state index contributed by atoms with van der Waals surface area (Å²) >= 11 is 10.1. The molecule has 2 fully saturated rings. The van der Waals surface area contributed by atoms with Crippen LogP contribution in [0.1, 0.15) is 5.56 Å². The van der Waals surface area contributed by atoms with E-state index in [1.165, 1.54) is 13.2 Å². The van der Waals surface area contributed by atoms with E-state index >= 15 is 0 Å². The second-order valence-corrected chi connectivity index (χ2v) is 12.1. The highest BCUT2D eigenvalue weighted by Crippen LogP contribution is 2.35. The summed E-state index contributed by atoms with van der Waals surface area (Å²) in [5, 5.41) is 5.45. The third-order valence-corrected chi connectivity index (χ3v) is 8.89. The number of anilines is 3. The van der Waals surface area contributed by atoms with Gasteiger partial charge in [-0.15, -0.1) is 0 Å². The summed E-state index contributed by atoms with van der Waals surface area (Å²) in [5.41, 5.74) is 2.52. The smallest absolute Gasteiger partial charge is 0.294 e. The molecule has 2 N–H and O–H groups in total. The standard InChI is InChI=1S/C31H28BrClN4O7S/c1-42-26-14-19(6-9-25(26)44-18-29(39)34-20-7-8-21(32)22(33)16-20)15-27-30(40)37(31(41)45-27)17-28(38)35-23-4-2-3-5-24(23)36-10-12-43-13-11-36/h2-9,14-16H,10-13,17-18H2,1H3,(H,34,39)(H,35,38)/b27-15+. The van der Waals surface area contributed by atoms with Gasteiger partial charge in [0.25, 0.3) is 17.1 Å². The molecule has 45 heavy (non-hydrogen) atoms. The van der Waals surface area contributed by atoms with E-state index in [1.807, 2.05) is 18.2 Å². The SMILES string of the molecule is COc1cc(/C=C2/SC(=O)N(CC(=O)Nc3ccccc3N3CCOCC3)C2=O)ccc1OCC(=O)Nc1ccc(Br)c(Cl)c1. The van der Waals surface area contributed by atoms with Crippen LogP contribution in [0.3, 0.4) is 0 Å². The summed E-state index contributed by atoms with van der Waals surface area (Å²) in [5.74, 6) is -0.844. The van der Waals surface area contributed by atoms with E-state index in [4.69, 9.17) is 25.8 Å². The van der Waals surface area contributed by atoms with Gasteiger partial charge in [0.2, 0.25) is 5.91 Å². The monoisotopic (exact) mass is 714 g/mol. The van der Waals surface area contributed by atoms with Crippen LogP contribution in [0, 0.1) is 0 Å². The van der Waals surface area contributed by atoms with E-state index in [9.17, 15) is 19.2 Å². The lowest BCUT2D eigenvalue weighted by Crippen LogP contribution is -2.38. The Morgan fingerprint density at radius 3 is 2.56 bits per heavy atom. The van der Waals surface area contributed by atoms with E-state index in [0.29, 0.717) is 64.2 Å². The topological polar surface area (TPSA) is 127 Å². The minimum atomic E-state index is -0.578. The molecule has 0 radical (unpaired) electrons. The first-order chi connectivity index (χ1) is 21.7. The molecular weight excluding hydrogens is 688 g/mol. The number of morpholine rings is 1. The Morgan fingerprint density at radius 2 is 1.80 bits per heavy atom. The van der Waals surface area contributed by atoms with Crippen molar-refractivity contribution in [2.24, 2.45) is 0 Å². The van der Waals surface area contributed by atoms with Gasteiger partial charge in [0.15, 0.2) is 18.1 Å². The summed E-state index contributed by atoms with van der Waals surface area (Å²) in [6.45, 7) is 1.85. The summed E-state index contributed by atoms with van der Waals surface area (Å²) in [4.78, 5) is 54.3. The number of ether oxygens (including phenoxy) is 3. The first-order valence-corrected chi connectivity index (χ1v) is 15.7. The van der Waals surface area contributed by atoms with Gasteiger partial charge in [-0.05, 0) is 81.8 Å². The van der Waals surface area contributed by atoms with Crippen molar-refractivity contribution in [2.45, 2.75) is 0 Å². The number of nitrogens with zero attached hydrogens (tertiary/aromatic N) is 2. The Hall–Kier alpha value is -4.04. The van der Waals surface area contributed by atoms with E-state index in [2.05, 4.69) is 31.5 Å². The van der Waals surface area contributed by atoms with Crippen LogP contribution in [0.2, 0.25) is 5.02 Å². The molecule has 11 nitrogen and oxygen atoms in total. The van der Waals surface area contributed by atoms with Crippen LogP contribution >= 0.6 is 39.3 Å². The number of hydrogen-bond donors (Lipinski definition) is 2. The maximum atomic E-state index is 13.1. The van der Waals surface area contributed by atoms with Gasteiger partial charge in [0, 0.05) is 23.2 Å². The number of para-hydroxylation sites is 2. The molecule has 0 aliphatic carbocycles. The molecule has 4 amide bonds. The molecule has 2 saturated heterocycles. The van der Waals surface area contributed by atoms with Gasteiger partial charge in [0.1, 0.15) is 6.54 Å². The lowest BCUT2D eigenvalue weighted by atomic mass is 10.2. The number of methoxy groups -OCH3 is 1. The normalized spacial score (nSPS) is 15.8. The largest absolute Gasteiger partial charge is 0.493 e. The molecule has 0 aromatic heterocycles. The maximum absolute atomic E-state index is 13.1. The van der Waals surface area contributed by atoms with Crippen molar-refractivity contribution in [3.8, 4) is 11.5 Å². The number of imide groups is 1. The van der Waals surface area contributed by atoms with Crippen molar-refractivity contribution in [2.75, 3.05) is 62.1 Å².